The maximum Gasteiger partial charge on any atom is 0.159 e. The van der Waals surface area contributed by atoms with Crippen LogP contribution in [0.3, 0.4) is 0 Å². The number of ketones is 2. The van der Waals surface area contributed by atoms with Gasteiger partial charge in [0.1, 0.15) is 0 Å². The first-order valence-corrected chi connectivity index (χ1v) is 10.1. The van der Waals surface area contributed by atoms with Gasteiger partial charge in [0, 0.05) is 11.1 Å². The fraction of sp³-hybridized carbons (Fsp3) is 0.440. The van der Waals surface area contributed by atoms with Gasteiger partial charge in [-0.25, -0.2) is 0 Å². The molecule has 0 saturated carbocycles. The molecule has 2 aromatic carbocycles. The van der Waals surface area contributed by atoms with Crippen LogP contribution in [0.2, 0.25) is 0 Å². The minimum absolute atomic E-state index is 0.121. The van der Waals surface area contributed by atoms with Crippen LogP contribution < -0.4 is 0 Å². The van der Waals surface area contributed by atoms with Crippen LogP contribution >= 0.6 is 0 Å². The van der Waals surface area contributed by atoms with Gasteiger partial charge in [-0.15, -0.1) is 0 Å². The molecule has 2 heteroatoms. The predicted molar refractivity (Wildman–Crippen MR) is 121 cm³/mol. The largest absolute Gasteiger partial charge is 0.295 e. The van der Waals surface area contributed by atoms with Gasteiger partial charge in [0.05, 0.1) is 0 Å². The van der Waals surface area contributed by atoms with Crippen LogP contribution in [0.5, 0.6) is 0 Å². The van der Waals surface area contributed by atoms with Gasteiger partial charge >= 0.3 is 0 Å². The second-order valence-electron chi connectivity index (χ2n) is 5.20. The maximum absolute atomic E-state index is 10.6. The number of hydrogen-bond acceptors (Lipinski definition) is 2. The molecule has 0 N–H and O–H groups in total. The summed E-state index contributed by atoms with van der Waals surface area (Å²) in [7, 11) is 0. The number of Topliss-reactive ketones (excluding diaryl/α,β-unsaturated/α-hetero) is 2. The number of benzene rings is 2. The third kappa shape index (κ3) is 19.9. The minimum atomic E-state index is 0.121. The molecule has 27 heavy (non-hydrogen) atoms. The molecule has 0 aromatic heterocycles. The highest BCUT2D eigenvalue weighted by Crippen LogP contribution is 1.98. The minimum Gasteiger partial charge on any atom is -0.295 e. The third-order valence-electron chi connectivity index (χ3n) is 3.07. The van der Waals surface area contributed by atoms with Gasteiger partial charge in [0.25, 0.3) is 0 Å². The molecule has 0 aliphatic heterocycles. The van der Waals surface area contributed by atoms with Crippen LogP contribution in [-0.2, 0) is 0 Å². The second kappa shape index (κ2) is 23.8. The van der Waals surface area contributed by atoms with E-state index in [1.54, 1.807) is 13.8 Å². The Hall–Kier alpha value is -2.22. The quantitative estimate of drug-likeness (QED) is 0.509. The van der Waals surface area contributed by atoms with E-state index in [0.717, 1.165) is 11.1 Å². The number of carbonyl (C=O) groups is 2. The summed E-state index contributed by atoms with van der Waals surface area (Å²) in [6.07, 6.45) is 4.08. The van der Waals surface area contributed by atoms with Crippen LogP contribution in [0.15, 0.2) is 60.7 Å². The molecular weight excluding hydrogens is 332 g/mol. The van der Waals surface area contributed by atoms with Crippen LogP contribution in [0, 0.1) is 0 Å². The summed E-state index contributed by atoms with van der Waals surface area (Å²) in [6.45, 7) is 15.6. The molecule has 0 spiro atoms. The second-order valence-corrected chi connectivity index (χ2v) is 5.20. The molecule has 2 nitrogen and oxygen atoms in total. The monoisotopic (exact) mass is 372 g/mol. The van der Waals surface area contributed by atoms with Crippen molar-refractivity contribution in [3.8, 4) is 0 Å². The first kappa shape index (κ1) is 29.5. The summed E-state index contributed by atoms with van der Waals surface area (Å²) >= 11 is 0. The molecule has 0 bridgehead atoms. The van der Waals surface area contributed by atoms with Crippen molar-refractivity contribution in [1.29, 1.82) is 0 Å². The Labute approximate surface area is 168 Å². The van der Waals surface area contributed by atoms with E-state index in [2.05, 4.69) is 13.8 Å². The molecule has 0 fully saturated rings. The third-order valence-corrected chi connectivity index (χ3v) is 3.07. The van der Waals surface area contributed by atoms with E-state index in [9.17, 15) is 9.59 Å². The molecule has 0 saturated heterocycles. The van der Waals surface area contributed by atoms with E-state index >= 15 is 0 Å². The van der Waals surface area contributed by atoms with Crippen molar-refractivity contribution < 1.29 is 9.59 Å². The molecule has 0 aliphatic carbocycles. The number of rotatable bonds is 4. The molecule has 2 rings (SSSR count). The number of hydrogen-bond donors (Lipinski definition) is 0. The maximum atomic E-state index is 10.6. The average Bonchev–Trinajstić information content (AvgIpc) is 2.74. The zero-order valence-electron chi connectivity index (χ0n) is 18.7. The normalized spacial score (nSPS) is 8.00. The fourth-order valence-electron chi connectivity index (χ4n) is 1.70. The first-order chi connectivity index (χ1) is 13.0. The Morgan fingerprint density at radius 3 is 0.963 bits per heavy atom. The number of carbonyl (C=O) groups excluding carboxylic acids is 2. The highest BCUT2D eigenvalue weighted by molar-refractivity contribution is 5.94. The summed E-state index contributed by atoms with van der Waals surface area (Å²) in [5, 5.41) is 0. The first-order valence-electron chi connectivity index (χ1n) is 10.1. The van der Waals surface area contributed by atoms with E-state index in [0.29, 0.717) is 0 Å². The molecule has 0 aliphatic rings. The Morgan fingerprint density at radius 2 is 0.852 bits per heavy atom. The molecule has 0 atom stereocenters. The van der Waals surface area contributed by atoms with Crippen LogP contribution in [0.4, 0.5) is 0 Å². The average molecular weight is 373 g/mol. The zero-order valence-corrected chi connectivity index (χ0v) is 18.7. The lowest BCUT2D eigenvalue weighted by molar-refractivity contribution is 0.100. The van der Waals surface area contributed by atoms with E-state index in [1.807, 2.05) is 88.4 Å². The Morgan fingerprint density at radius 1 is 0.593 bits per heavy atom. The standard InChI is InChI=1S/2C8H8O.C5H12.2C2H6/c2*1-7(9)8-5-3-2-4-6-8;1-3-5-4-2;2*1-2/h2*2-6H,1H3;3-5H2,1-2H3;2*1-2H3. The van der Waals surface area contributed by atoms with Gasteiger partial charge < -0.3 is 0 Å². The van der Waals surface area contributed by atoms with E-state index in [-0.39, 0.29) is 11.6 Å². The summed E-state index contributed by atoms with van der Waals surface area (Å²) in [5.74, 6) is 0.242. The van der Waals surface area contributed by atoms with Gasteiger partial charge in [-0.05, 0) is 13.8 Å². The smallest absolute Gasteiger partial charge is 0.159 e. The van der Waals surface area contributed by atoms with E-state index in [1.165, 1.54) is 19.3 Å². The molecule has 0 heterocycles. The van der Waals surface area contributed by atoms with Gasteiger partial charge in [-0.2, -0.15) is 0 Å². The lowest BCUT2D eigenvalue weighted by Crippen LogP contribution is -1.88. The molecule has 0 amide bonds. The zero-order chi connectivity index (χ0) is 21.5. The summed E-state index contributed by atoms with van der Waals surface area (Å²) in [5.41, 5.74) is 1.55. The molecule has 0 unspecified atom stereocenters. The molecule has 0 radical (unpaired) electrons. The topological polar surface area (TPSA) is 34.1 Å². The van der Waals surface area contributed by atoms with Crippen molar-refractivity contribution in [2.45, 2.75) is 74.7 Å². The highest BCUT2D eigenvalue weighted by Gasteiger charge is 1.93. The van der Waals surface area contributed by atoms with Gasteiger partial charge in [0.2, 0.25) is 0 Å². The van der Waals surface area contributed by atoms with Crippen molar-refractivity contribution in [2.75, 3.05) is 0 Å². The lowest BCUT2D eigenvalue weighted by atomic mass is 10.2. The lowest BCUT2D eigenvalue weighted by Gasteiger charge is -1.89. The van der Waals surface area contributed by atoms with Gasteiger partial charge in [0.15, 0.2) is 11.6 Å². The molecular formula is C25H40O2. The van der Waals surface area contributed by atoms with E-state index < -0.39 is 0 Å². The fourth-order valence-corrected chi connectivity index (χ4v) is 1.70. The van der Waals surface area contributed by atoms with E-state index in [4.69, 9.17) is 0 Å². The van der Waals surface area contributed by atoms with Crippen molar-refractivity contribution in [3.63, 3.8) is 0 Å². The van der Waals surface area contributed by atoms with Crippen molar-refractivity contribution in [3.05, 3.63) is 71.8 Å². The van der Waals surface area contributed by atoms with Gasteiger partial charge in [-0.1, -0.05) is 121 Å². The van der Waals surface area contributed by atoms with Crippen LogP contribution in [0.25, 0.3) is 0 Å². The molecule has 2 aromatic rings. The van der Waals surface area contributed by atoms with Crippen molar-refractivity contribution in [2.24, 2.45) is 0 Å². The SMILES string of the molecule is CC.CC.CC(=O)c1ccccc1.CC(=O)c1ccccc1.CCCCC. The molecule has 152 valence electrons. The Balaban J connectivity index is -0.000000303. The summed E-state index contributed by atoms with van der Waals surface area (Å²) < 4.78 is 0. The van der Waals surface area contributed by atoms with Crippen LogP contribution in [0.1, 0.15) is 95.4 Å². The predicted octanol–water partition coefficient (Wildman–Crippen LogP) is 8.03. The van der Waals surface area contributed by atoms with Crippen LogP contribution in [-0.4, -0.2) is 11.6 Å². The Kier molecular flexibility index (Phi) is 26.0. The Bertz CT molecular complexity index is 494. The van der Waals surface area contributed by atoms with Crippen molar-refractivity contribution >= 4 is 11.6 Å². The highest BCUT2D eigenvalue weighted by atomic mass is 16.1. The summed E-state index contributed by atoms with van der Waals surface area (Å²) in [6, 6.07) is 18.5. The number of unbranched alkanes of at least 4 members (excludes halogenated alkanes) is 2. The van der Waals surface area contributed by atoms with Gasteiger partial charge in [-0.3, -0.25) is 9.59 Å². The van der Waals surface area contributed by atoms with Crippen molar-refractivity contribution in [1.82, 2.24) is 0 Å². The summed E-state index contributed by atoms with van der Waals surface area (Å²) in [4.78, 5) is 21.3.